The molecular weight excluding hydrogens is 416 g/mol. The second-order valence-electron chi connectivity index (χ2n) is 8.28. The minimum atomic E-state index is 0.170. The fourth-order valence-corrected chi connectivity index (χ4v) is 3.91. The highest BCUT2D eigenvalue weighted by Crippen LogP contribution is 2.26. The van der Waals surface area contributed by atoms with Crippen LogP contribution in [0.3, 0.4) is 0 Å². The lowest BCUT2D eigenvalue weighted by molar-refractivity contribution is 0.199. The normalized spacial score (nSPS) is 15.2. The first kappa shape index (κ1) is 22.2. The zero-order chi connectivity index (χ0) is 23.2. The number of piperidine rings is 1. The van der Waals surface area contributed by atoms with Crippen LogP contribution in [-0.2, 0) is 6.54 Å². The van der Waals surface area contributed by atoms with Crippen molar-refractivity contribution in [3.63, 3.8) is 0 Å². The van der Waals surface area contributed by atoms with Crippen LogP contribution in [0.1, 0.15) is 37.8 Å². The maximum absolute atomic E-state index is 9.15. The van der Waals surface area contributed by atoms with Crippen molar-refractivity contribution in [3.8, 4) is 6.07 Å². The number of anilines is 2. The van der Waals surface area contributed by atoms with E-state index in [9.17, 15) is 0 Å². The number of hydrogen-bond donors (Lipinski definition) is 3. The number of nitriles is 1. The number of nitrogens with one attached hydrogen (secondary N) is 2. The Bertz CT molecular complexity index is 1210. The van der Waals surface area contributed by atoms with E-state index in [1.807, 2.05) is 48.8 Å². The molecule has 1 aliphatic heterocycles. The number of aromatic nitrogens is 3. The van der Waals surface area contributed by atoms with Crippen molar-refractivity contribution in [1.82, 2.24) is 24.9 Å². The molecule has 2 aromatic heterocycles. The van der Waals surface area contributed by atoms with E-state index in [0.717, 1.165) is 66.3 Å². The fraction of sp³-hybridized carbons (Fsp3) is 0.348. The average molecular weight is 445 g/mol. The molecule has 4 N–H and O–H groups in total. The molecule has 0 aliphatic carbocycles. The molecule has 1 fully saturated rings. The highest BCUT2D eigenvalue weighted by molar-refractivity contribution is 6.00. The quantitative estimate of drug-likeness (QED) is 0.230. The molecule has 0 bridgehead atoms. The van der Waals surface area contributed by atoms with E-state index in [-0.39, 0.29) is 5.92 Å². The first-order valence-corrected chi connectivity index (χ1v) is 10.9. The van der Waals surface area contributed by atoms with Gasteiger partial charge in [0.1, 0.15) is 11.8 Å². The van der Waals surface area contributed by atoms with Crippen LogP contribution in [0.2, 0.25) is 0 Å². The van der Waals surface area contributed by atoms with Crippen LogP contribution in [0.4, 0.5) is 11.5 Å². The summed E-state index contributed by atoms with van der Waals surface area (Å²) in [7, 11) is 0. The third-order valence-corrected chi connectivity index (χ3v) is 5.61. The van der Waals surface area contributed by atoms with Gasteiger partial charge in [0.15, 0.2) is 11.7 Å². The molecule has 10 heteroatoms. The molecule has 0 radical (unpaired) electrons. The van der Waals surface area contributed by atoms with Crippen LogP contribution >= 0.6 is 0 Å². The molecule has 4 rings (SSSR count). The number of rotatable bonds is 6. The molecule has 1 aromatic carbocycles. The lowest BCUT2D eigenvalue weighted by atomic mass is 9.98. The molecule has 1 aliphatic rings. The third-order valence-electron chi connectivity index (χ3n) is 5.61. The van der Waals surface area contributed by atoms with Gasteiger partial charge in [0.2, 0.25) is 0 Å². The fourth-order valence-electron chi connectivity index (χ4n) is 3.91. The summed E-state index contributed by atoms with van der Waals surface area (Å²) in [5.74, 6) is 6.93. The topological polar surface area (TPSA) is 132 Å². The molecule has 170 valence electrons. The minimum Gasteiger partial charge on any atom is -0.338 e. The number of benzene rings is 1. The molecule has 1 saturated heterocycles. The lowest BCUT2D eigenvalue weighted by Crippen LogP contribution is -2.32. The maximum atomic E-state index is 9.15. The van der Waals surface area contributed by atoms with E-state index < -0.39 is 0 Å². The second kappa shape index (κ2) is 10.1. The summed E-state index contributed by atoms with van der Waals surface area (Å²) in [6, 6.07) is 12.2. The van der Waals surface area contributed by atoms with Crippen molar-refractivity contribution in [2.24, 2.45) is 22.0 Å². The van der Waals surface area contributed by atoms with Crippen LogP contribution < -0.4 is 16.6 Å². The molecule has 0 spiro atoms. The van der Waals surface area contributed by atoms with E-state index in [1.54, 1.807) is 0 Å². The highest BCUT2D eigenvalue weighted by Gasteiger charge is 2.20. The van der Waals surface area contributed by atoms with E-state index >= 15 is 0 Å². The SMILES string of the molecule is CC(C)=NN/C(=N/N)c1cccc(Nc2ncnn3ccc(CN4CCC(C#N)CC4)c23)c1. The smallest absolute Gasteiger partial charge is 0.173 e. The van der Waals surface area contributed by atoms with Gasteiger partial charge < -0.3 is 11.2 Å². The predicted molar refractivity (Wildman–Crippen MR) is 129 cm³/mol. The van der Waals surface area contributed by atoms with Crippen molar-refractivity contribution in [2.75, 3.05) is 18.4 Å². The Labute approximate surface area is 192 Å². The van der Waals surface area contributed by atoms with Crippen LogP contribution in [0, 0.1) is 17.2 Å². The van der Waals surface area contributed by atoms with Crippen LogP contribution in [0.15, 0.2) is 53.1 Å². The summed E-state index contributed by atoms with van der Waals surface area (Å²) in [5, 5.41) is 25.0. The largest absolute Gasteiger partial charge is 0.338 e. The van der Waals surface area contributed by atoms with Crippen molar-refractivity contribution >= 4 is 28.6 Å². The molecule has 0 atom stereocenters. The van der Waals surface area contributed by atoms with Gasteiger partial charge in [-0.15, -0.1) is 0 Å². The molecule has 10 nitrogen and oxygen atoms in total. The summed E-state index contributed by atoms with van der Waals surface area (Å²) in [6.07, 6.45) is 5.31. The standard InChI is InChI=1S/C23H28N10/c1-16(2)30-31-22(29-25)18-4-3-5-20(12-18)28-23-21-19(8-11-33(21)27-15-26-23)14-32-9-6-17(13-24)7-10-32/h3-5,8,11-12,15,17H,6-7,9-10,14,25H2,1-2H3,(H,29,31)(H,26,27,28). The van der Waals surface area contributed by atoms with Gasteiger partial charge in [-0.1, -0.05) is 12.1 Å². The average Bonchev–Trinajstić information content (AvgIpc) is 3.24. The Kier molecular flexibility index (Phi) is 6.80. The number of amidine groups is 1. The first-order chi connectivity index (χ1) is 16.1. The van der Waals surface area contributed by atoms with Gasteiger partial charge in [-0.2, -0.15) is 20.6 Å². The van der Waals surface area contributed by atoms with Gasteiger partial charge in [0, 0.05) is 35.6 Å². The van der Waals surface area contributed by atoms with Crippen LogP contribution in [-0.4, -0.2) is 44.1 Å². The van der Waals surface area contributed by atoms with Crippen molar-refractivity contribution < 1.29 is 0 Å². The van der Waals surface area contributed by atoms with Crippen LogP contribution in [0.5, 0.6) is 0 Å². The highest BCUT2D eigenvalue weighted by atomic mass is 15.3. The number of nitrogens with zero attached hydrogens (tertiary/aromatic N) is 7. The van der Waals surface area contributed by atoms with E-state index in [1.165, 1.54) is 6.33 Å². The van der Waals surface area contributed by atoms with Gasteiger partial charge in [-0.3, -0.25) is 10.3 Å². The third kappa shape index (κ3) is 5.27. The van der Waals surface area contributed by atoms with Crippen molar-refractivity contribution in [3.05, 3.63) is 54.0 Å². The first-order valence-electron chi connectivity index (χ1n) is 10.9. The minimum absolute atomic E-state index is 0.170. The second-order valence-corrected chi connectivity index (χ2v) is 8.28. The van der Waals surface area contributed by atoms with Gasteiger partial charge >= 0.3 is 0 Å². The maximum Gasteiger partial charge on any atom is 0.173 e. The number of hydrazone groups is 2. The van der Waals surface area contributed by atoms with Crippen molar-refractivity contribution in [2.45, 2.75) is 33.2 Å². The molecule has 0 saturated carbocycles. The van der Waals surface area contributed by atoms with Gasteiger partial charge in [0.05, 0.1) is 6.07 Å². The number of hydrogen-bond acceptors (Lipinski definition) is 8. The Hall–Kier alpha value is -3.97. The Balaban J connectivity index is 1.57. The predicted octanol–water partition coefficient (Wildman–Crippen LogP) is 2.81. The zero-order valence-electron chi connectivity index (χ0n) is 18.9. The monoisotopic (exact) mass is 444 g/mol. The number of nitrogens with two attached hydrogens (primary N) is 1. The van der Waals surface area contributed by atoms with E-state index in [0.29, 0.717) is 5.84 Å². The summed E-state index contributed by atoms with van der Waals surface area (Å²) in [5.41, 5.74) is 7.48. The Morgan fingerprint density at radius 2 is 2.09 bits per heavy atom. The molecule has 0 amide bonds. The molecule has 33 heavy (non-hydrogen) atoms. The zero-order valence-corrected chi connectivity index (χ0v) is 18.9. The molecular formula is C23H28N10. The molecule has 3 aromatic rings. The summed E-state index contributed by atoms with van der Waals surface area (Å²) >= 11 is 0. The van der Waals surface area contributed by atoms with E-state index in [4.69, 9.17) is 11.1 Å². The summed E-state index contributed by atoms with van der Waals surface area (Å²) in [6.45, 7) is 6.41. The van der Waals surface area contributed by atoms with Crippen molar-refractivity contribution in [1.29, 1.82) is 5.26 Å². The van der Waals surface area contributed by atoms with Gasteiger partial charge in [-0.05, 0) is 63.5 Å². The lowest BCUT2D eigenvalue weighted by Gasteiger charge is -2.28. The summed E-state index contributed by atoms with van der Waals surface area (Å²) < 4.78 is 1.84. The van der Waals surface area contributed by atoms with Gasteiger partial charge in [0.25, 0.3) is 0 Å². The van der Waals surface area contributed by atoms with Crippen LogP contribution in [0.25, 0.3) is 5.52 Å². The summed E-state index contributed by atoms with van der Waals surface area (Å²) in [4.78, 5) is 6.89. The Morgan fingerprint density at radius 3 is 2.82 bits per heavy atom. The molecule has 0 unspecified atom stereocenters. The number of fused-ring (bicyclic) bond motifs is 1. The Morgan fingerprint density at radius 1 is 1.27 bits per heavy atom. The van der Waals surface area contributed by atoms with Gasteiger partial charge in [-0.25, -0.2) is 9.50 Å². The van der Waals surface area contributed by atoms with E-state index in [2.05, 4.69) is 48.1 Å². The molecule has 3 heterocycles. The number of likely N-dealkylation sites (tertiary alicyclic amines) is 1.